The summed E-state index contributed by atoms with van der Waals surface area (Å²) in [6.07, 6.45) is 1.60. The quantitative estimate of drug-likeness (QED) is 0.890. The zero-order valence-electron chi connectivity index (χ0n) is 9.84. The highest BCUT2D eigenvalue weighted by Crippen LogP contribution is 2.27. The molecule has 0 atom stereocenters. The molecule has 96 valence electrons. The van der Waals surface area contributed by atoms with Gasteiger partial charge in [0.2, 0.25) is 0 Å². The molecule has 0 bridgehead atoms. The minimum Gasteiger partial charge on any atom is -0.375 e. The maximum Gasteiger partial charge on any atom is 0.273 e. The van der Waals surface area contributed by atoms with Gasteiger partial charge in [0, 0.05) is 6.20 Å². The van der Waals surface area contributed by atoms with Gasteiger partial charge >= 0.3 is 0 Å². The van der Waals surface area contributed by atoms with Crippen molar-refractivity contribution in [2.24, 2.45) is 0 Å². The SMILES string of the molecule is Cc1ncccc1NS(=O)(=O)c1sc(N)nc1C. The van der Waals surface area contributed by atoms with Gasteiger partial charge in [0.25, 0.3) is 10.0 Å². The van der Waals surface area contributed by atoms with Crippen LogP contribution in [0.25, 0.3) is 0 Å². The molecule has 0 aliphatic heterocycles. The third-order valence-electron chi connectivity index (χ3n) is 2.27. The predicted molar refractivity (Wildman–Crippen MR) is 71.0 cm³/mol. The molecular formula is C10H12N4O2S2. The first-order chi connectivity index (χ1) is 8.40. The lowest BCUT2D eigenvalue weighted by molar-refractivity contribution is 0.602. The highest BCUT2D eigenvalue weighted by molar-refractivity contribution is 7.94. The van der Waals surface area contributed by atoms with Crippen molar-refractivity contribution >= 4 is 32.2 Å². The van der Waals surface area contributed by atoms with Crippen LogP contribution in [0.5, 0.6) is 0 Å². The van der Waals surface area contributed by atoms with Crippen molar-refractivity contribution in [3.05, 3.63) is 29.7 Å². The first-order valence-corrected chi connectivity index (χ1v) is 7.37. The summed E-state index contributed by atoms with van der Waals surface area (Å²) in [4.78, 5) is 7.92. The largest absolute Gasteiger partial charge is 0.375 e. The normalized spacial score (nSPS) is 11.4. The molecule has 0 saturated heterocycles. The van der Waals surface area contributed by atoms with Crippen LogP contribution in [0.15, 0.2) is 22.5 Å². The highest BCUT2D eigenvalue weighted by Gasteiger charge is 2.21. The number of sulfonamides is 1. The van der Waals surface area contributed by atoms with Crippen LogP contribution >= 0.6 is 11.3 Å². The van der Waals surface area contributed by atoms with E-state index in [4.69, 9.17) is 5.73 Å². The van der Waals surface area contributed by atoms with Crippen LogP contribution in [-0.2, 0) is 10.0 Å². The molecule has 0 spiro atoms. The van der Waals surface area contributed by atoms with Gasteiger partial charge in [-0.15, -0.1) is 0 Å². The average Bonchev–Trinajstić information content (AvgIpc) is 2.62. The van der Waals surface area contributed by atoms with Gasteiger partial charge in [0.05, 0.1) is 17.1 Å². The van der Waals surface area contributed by atoms with Gasteiger partial charge in [0.1, 0.15) is 0 Å². The average molecular weight is 284 g/mol. The van der Waals surface area contributed by atoms with Gasteiger partial charge in [-0.05, 0) is 26.0 Å². The van der Waals surface area contributed by atoms with Gasteiger partial charge < -0.3 is 5.73 Å². The molecule has 0 amide bonds. The second-order valence-corrected chi connectivity index (χ2v) is 6.58. The summed E-state index contributed by atoms with van der Waals surface area (Å²) in [6.45, 7) is 3.34. The molecule has 2 rings (SSSR count). The smallest absolute Gasteiger partial charge is 0.273 e. The molecule has 18 heavy (non-hydrogen) atoms. The zero-order valence-corrected chi connectivity index (χ0v) is 11.5. The number of aromatic nitrogens is 2. The van der Waals surface area contributed by atoms with E-state index in [1.54, 1.807) is 32.2 Å². The lowest BCUT2D eigenvalue weighted by Crippen LogP contribution is -2.13. The molecule has 2 aromatic heterocycles. The monoisotopic (exact) mass is 284 g/mol. The predicted octanol–water partition coefficient (Wildman–Crippen LogP) is 1.54. The molecular weight excluding hydrogens is 272 g/mol. The second kappa shape index (κ2) is 4.54. The molecule has 0 saturated carbocycles. The summed E-state index contributed by atoms with van der Waals surface area (Å²) in [5, 5.41) is 0.232. The van der Waals surface area contributed by atoms with Gasteiger partial charge in [-0.3, -0.25) is 9.71 Å². The summed E-state index contributed by atoms with van der Waals surface area (Å²) < 4.78 is 26.9. The maximum atomic E-state index is 12.2. The summed E-state index contributed by atoms with van der Waals surface area (Å²) >= 11 is 0.942. The fourth-order valence-corrected chi connectivity index (χ4v) is 3.85. The first-order valence-electron chi connectivity index (χ1n) is 5.07. The molecule has 6 nitrogen and oxygen atoms in total. The van der Waals surface area contributed by atoms with Crippen LogP contribution in [0.1, 0.15) is 11.4 Å². The van der Waals surface area contributed by atoms with Crippen molar-refractivity contribution in [3.63, 3.8) is 0 Å². The molecule has 2 aromatic rings. The number of thiazole rings is 1. The topological polar surface area (TPSA) is 98.0 Å². The molecule has 0 aliphatic carbocycles. The van der Waals surface area contributed by atoms with E-state index in [0.717, 1.165) is 11.3 Å². The van der Waals surface area contributed by atoms with Gasteiger partial charge in [-0.25, -0.2) is 13.4 Å². The third-order valence-corrected chi connectivity index (χ3v) is 5.23. The van der Waals surface area contributed by atoms with Gasteiger partial charge in [-0.2, -0.15) is 0 Å². The lowest BCUT2D eigenvalue weighted by Gasteiger charge is -2.08. The summed E-state index contributed by atoms with van der Waals surface area (Å²) in [5.41, 5.74) is 6.95. The number of anilines is 2. The third kappa shape index (κ3) is 2.44. The standard InChI is InChI=1S/C10H12N4O2S2/c1-6-8(4-3-5-12-6)14-18(15,16)9-7(2)13-10(11)17-9/h3-5,14H,1-2H3,(H2,11,13). The Labute approximate surface area is 109 Å². The zero-order chi connectivity index (χ0) is 13.3. The number of hydrogen-bond acceptors (Lipinski definition) is 6. The summed E-state index contributed by atoms with van der Waals surface area (Å²) in [7, 11) is -3.66. The van der Waals surface area contributed by atoms with E-state index in [0.29, 0.717) is 17.1 Å². The molecule has 0 aliphatic rings. The van der Waals surface area contributed by atoms with Crippen LogP contribution in [-0.4, -0.2) is 18.4 Å². The van der Waals surface area contributed by atoms with E-state index < -0.39 is 10.0 Å². The van der Waals surface area contributed by atoms with Crippen LogP contribution < -0.4 is 10.5 Å². The van der Waals surface area contributed by atoms with E-state index in [1.165, 1.54) is 0 Å². The number of nitrogens with one attached hydrogen (secondary N) is 1. The number of nitrogens with two attached hydrogens (primary N) is 1. The van der Waals surface area contributed by atoms with E-state index in [-0.39, 0.29) is 9.34 Å². The molecule has 0 fully saturated rings. The first kappa shape index (κ1) is 12.8. The van der Waals surface area contributed by atoms with E-state index in [1.807, 2.05) is 0 Å². The van der Waals surface area contributed by atoms with Gasteiger partial charge in [-0.1, -0.05) is 11.3 Å². The summed E-state index contributed by atoms with van der Waals surface area (Å²) in [6, 6.07) is 3.32. The fraction of sp³-hybridized carbons (Fsp3) is 0.200. The number of rotatable bonds is 3. The minimum absolute atomic E-state index is 0.128. The molecule has 3 N–H and O–H groups in total. The number of nitrogen functional groups attached to an aromatic ring is 1. The Kier molecular flexibility index (Phi) is 3.22. The lowest BCUT2D eigenvalue weighted by atomic mass is 10.3. The van der Waals surface area contributed by atoms with Crippen molar-refractivity contribution in [1.29, 1.82) is 0 Å². The van der Waals surface area contributed by atoms with Crippen molar-refractivity contribution in [3.8, 4) is 0 Å². The molecule has 0 unspecified atom stereocenters. The van der Waals surface area contributed by atoms with Gasteiger partial charge in [0.15, 0.2) is 9.34 Å². The van der Waals surface area contributed by atoms with Crippen LogP contribution in [0.4, 0.5) is 10.8 Å². The molecule has 0 aromatic carbocycles. The molecule has 2 heterocycles. The van der Waals surface area contributed by atoms with Crippen LogP contribution in [0.3, 0.4) is 0 Å². The fourth-order valence-electron chi connectivity index (χ4n) is 1.44. The molecule has 8 heteroatoms. The van der Waals surface area contributed by atoms with E-state index in [9.17, 15) is 8.42 Å². The van der Waals surface area contributed by atoms with Crippen LogP contribution in [0.2, 0.25) is 0 Å². The Bertz CT molecular complexity index is 679. The number of nitrogens with zero attached hydrogens (tertiary/aromatic N) is 2. The Balaban J connectivity index is 2.40. The Hall–Kier alpha value is -1.67. The van der Waals surface area contributed by atoms with Crippen molar-refractivity contribution < 1.29 is 8.42 Å². The minimum atomic E-state index is -3.66. The number of pyridine rings is 1. The number of aryl methyl sites for hydroxylation is 2. The maximum absolute atomic E-state index is 12.2. The molecule has 0 radical (unpaired) electrons. The second-order valence-electron chi connectivity index (χ2n) is 3.67. The summed E-state index contributed by atoms with van der Waals surface area (Å²) in [5.74, 6) is 0. The van der Waals surface area contributed by atoms with Crippen molar-refractivity contribution in [2.45, 2.75) is 18.1 Å². The van der Waals surface area contributed by atoms with Crippen molar-refractivity contribution in [1.82, 2.24) is 9.97 Å². The highest BCUT2D eigenvalue weighted by atomic mass is 32.2. The Morgan fingerprint density at radius 1 is 1.33 bits per heavy atom. The van der Waals surface area contributed by atoms with Crippen LogP contribution in [0, 0.1) is 13.8 Å². The Morgan fingerprint density at radius 3 is 2.61 bits per heavy atom. The number of hydrogen-bond donors (Lipinski definition) is 2. The van der Waals surface area contributed by atoms with Crippen molar-refractivity contribution in [2.75, 3.05) is 10.5 Å². The Morgan fingerprint density at radius 2 is 2.06 bits per heavy atom. The van der Waals surface area contributed by atoms with E-state index in [2.05, 4.69) is 14.7 Å². The van der Waals surface area contributed by atoms with E-state index >= 15 is 0 Å².